The minimum Gasteiger partial charge on any atom is -0.310 e. The van der Waals surface area contributed by atoms with E-state index in [9.17, 15) is 0 Å². The van der Waals surface area contributed by atoms with E-state index in [0.29, 0.717) is 0 Å². The topological polar surface area (TPSA) is 3.24 Å². The molecule has 1 heteroatoms. The maximum absolute atomic E-state index is 2.52. The van der Waals surface area contributed by atoms with Gasteiger partial charge in [0, 0.05) is 17.1 Å². The number of benzene rings is 12. The Labute approximate surface area is 445 Å². The molecular formula is C75H51N. The number of para-hydroxylation sites is 1. The Balaban J connectivity index is 0.907. The van der Waals surface area contributed by atoms with E-state index in [1.165, 1.54) is 89.0 Å². The van der Waals surface area contributed by atoms with Gasteiger partial charge in [0.15, 0.2) is 0 Å². The van der Waals surface area contributed by atoms with Crippen molar-refractivity contribution in [3.05, 3.63) is 376 Å². The molecule has 3 aliphatic carbocycles. The standard InChI is InChI=1S/C75H51N/c1-5-25-54(26-6-1)73(55-27-7-2-8-28-55,56-29-9-3-10-30-56)57-46-44-52(45-47-57)53-24-23-33-59(50-53)76(58-31-11-4-12-32-58)60-48-49-64-63-36-15-18-39-67(63)75(72(64)51-60)70-42-21-19-40-68(70)74(69-41-20-22-43-71(69)75)65-37-16-13-34-61(65)62-35-14-17-38-66(62)74/h1-51H. The van der Waals surface area contributed by atoms with Crippen LogP contribution in [0.2, 0.25) is 0 Å². The van der Waals surface area contributed by atoms with Crippen LogP contribution in [0.15, 0.2) is 309 Å². The van der Waals surface area contributed by atoms with E-state index in [0.717, 1.165) is 28.2 Å². The van der Waals surface area contributed by atoms with Gasteiger partial charge in [0.25, 0.3) is 0 Å². The van der Waals surface area contributed by atoms with Gasteiger partial charge in [0.1, 0.15) is 0 Å². The molecule has 1 nitrogen and oxygen atoms in total. The molecule has 0 saturated heterocycles. The van der Waals surface area contributed by atoms with Crippen LogP contribution in [0, 0.1) is 0 Å². The fourth-order valence-electron chi connectivity index (χ4n) is 14.2. The second-order valence-corrected chi connectivity index (χ2v) is 20.6. The monoisotopic (exact) mass is 965 g/mol. The highest BCUT2D eigenvalue weighted by Gasteiger charge is 2.59. The average molecular weight is 966 g/mol. The molecule has 0 aliphatic heterocycles. The summed E-state index contributed by atoms with van der Waals surface area (Å²) in [6, 6.07) is 116. The maximum atomic E-state index is 2.52. The fraction of sp³-hybridized carbons (Fsp3) is 0.0400. The Morgan fingerprint density at radius 3 is 1.01 bits per heavy atom. The molecule has 12 aromatic carbocycles. The van der Waals surface area contributed by atoms with Crippen molar-refractivity contribution >= 4 is 17.1 Å². The zero-order valence-electron chi connectivity index (χ0n) is 41.9. The molecule has 0 fully saturated rings. The van der Waals surface area contributed by atoms with Gasteiger partial charge in [-0.2, -0.15) is 0 Å². The summed E-state index contributed by atoms with van der Waals surface area (Å²) in [7, 11) is 0. The second kappa shape index (κ2) is 17.3. The van der Waals surface area contributed by atoms with Crippen molar-refractivity contribution in [1.29, 1.82) is 0 Å². The van der Waals surface area contributed by atoms with Crippen LogP contribution < -0.4 is 4.90 Å². The van der Waals surface area contributed by atoms with Crippen LogP contribution in [-0.4, -0.2) is 0 Å². The van der Waals surface area contributed by atoms with Crippen molar-refractivity contribution in [1.82, 2.24) is 0 Å². The first kappa shape index (κ1) is 44.0. The number of rotatable bonds is 8. The van der Waals surface area contributed by atoms with Gasteiger partial charge in [-0.15, -0.1) is 0 Å². The highest BCUT2D eigenvalue weighted by Crippen LogP contribution is 2.67. The molecule has 0 aromatic heterocycles. The third kappa shape index (κ3) is 6.09. The molecule has 0 N–H and O–H groups in total. The summed E-state index contributed by atoms with van der Waals surface area (Å²) >= 11 is 0. The summed E-state index contributed by atoms with van der Waals surface area (Å²) in [6.45, 7) is 0. The van der Waals surface area contributed by atoms with Crippen molar-refractivity contribution in [3.63, 3.8) is 0 Å². The number of hydrogen-bond donors (Lipinski definition) is 0. The van der Waals surface area contributed by atoms with Gasteiger partial charge in [-0.25, -0.2) is 0 Å². The van der Waals surface area contributed by atoms with E-state index in [1.54, 1.807) is 0 Å². The molecule has 0 unspecified atom stereocenters. The third-order valence-electron chi connectivity index (χ3n) is 17.1. The second-order valence-electron chi connectivity index (χ2n) is 20.6. The van der Waals surface area contributed by atoms with Crippen molar-refractivity contribution in [2.75, 3.05) is 4.90 Å². The van der Waals surface area contributed by atoms with Crippen molar-refractivity contribution in [2.45, 2.75) is 16.2 Å². The first-order valence-corrected chi connectivity index (χ1v) is 26.6. The van der Waals surface area contributed by atoms with Gasteiger partial charge in [-0.05, 0) is 137 Å². The van der Waals surface area contributed by atoms with Crippen molar-refractivity contribution < 1.29 is 0 Å². The SMILES string of the molecule is c1ccc(N(c2cccc(-c3ccc(C(c4ccccc4)(c4ccccc4)c4ccccc4)cc3)c2)c2ccc3c(c2)C2(c4ccccc4-3)c3ccccc3C3(c4ccccc4-c4ccccc43)c3ccccc32)cc1. The van der Waals surface area contributed by atoms with E-state index >= 15 is 0 Å². The molecule has 0 radical (unpaired) electrons. The Kier molecular flexibility index (Phi) is 9.99. The first-order chi connectivity index (χ1) is 37.7. The van der Waals surface area contributed by atoms with Crippen LogP contribution in [0.3, 0.4) is 0 Å². The predicted octanol–water partition coefficient (Wildman–Crippen LogP) is 18.2. The van der Waals surface area contributed by atoms with E-state index in [2.05, 4.69) is 314 Å². The van der Waals surface area contributed by atoms with E-state index < -0.39 is 16.2 Å². The predicted molar refractivity (Wildman–Crippen MR) is 313 cm³/mol. The Bertz CT molecular complexity index is 3970. The van der Waals surface area contributed by atoms with Crippen LogP contribution >= 0.6 is 0 Å². The van der Waals surface area contributed by atoms with Gasteiger partial charge in [-0.3, -0.25) is 0 Å². The van der Waals surface area contributed by atoms with Gasteiger partial charge in [0.05, 0.1) is 16.2 Å². The Hall–Kier alpha value is -9.56. The number of fused-ring (bicyclic) bond motifs is 16. The van der Waals surface area contributed by atoms with E-state index in [-0.39, 0.29) is 0 Å². The molecule has 15 rings (SSSR count). The van der Waals surface area contributed by atoms with Crippen LogP contribution in [0.5, 0.6) is 0 Å². The number of hydrogen-bond acceptors (Lipinski definition) is 1. The lowest BCUT2D eigenvalue weighted by Gasteiger charge is -2.49. The molecule has 2 spiro atoms. The average Bonchev–Trinajstić information content (AvgIpc) is 4.00. The smallest absolute Gasteiger partial charge is 0.0720 e. The minimum atomic E-state index is -0.604. The Morgan fingerprint density at radius 2 is 0.553 bits per heavy atom. The van der Waals surface area contributed by atoms with Gasteiger partial charge < -0.3 is 4.90 Å². The third-order valence-corrected chi connectivity index (χ3v) is 17.1. The molecule has 76 heavy (non-hydrogen) atoms. The quantitative estimate of drug-likeness (QED) is 0.137. The van der Waals surface area contributed by atoms with Crippen LogP contribution in [0.4, 0.5) is 17.1 Å². The summed E-state index contributed by atoms with van der Waals surface area (Å²) in [4.78, 5) is 2.45. The van der Waals surface area contributed by atoms with Crippen molar-refractivity contribution in [2.24, 2.45) is 0 Å². The zero-order valence-corrected chi connectivity index (χ0v) is 41.9. The van der Waals surface area contributed by atoms with E-state index in [1.807, 2.05) is 0 Å². The summed E-state index contributed by atoms with van der Waals surface area (Å²) in [5.41, 5.74) is 24.7. The summed E-state index contributed by atoms with van der Waals surface area (Å²) in [5.74, 6) is 0. The molecule has 0 heterocycles. The van der Waals surface area contributed by atoms with Crippen LogP contribution in [0.25, 0.3) is 33.4 Å². The minimum absolute atomic E-state index is 0.498. The largest absolute Gasteiger partial charge is 0.310 e. The lowest BCUT2D eigenvalue weighted by Crippen LogP contribution is -2.43. The molecule has 0 saturated carbocycles. The Morgan fingerprint density at radius 1 is 0.211 bits per heavy atom. The fourth-order valence-corrected chi connectivity index (χ4v) is 14.2. The molecule has 0 atom stereocenters. The molecule has 12 aromatic rings. The lowest BCUT2D eigenvalue weighted by molar-refractivity contribution is 0.633. The van der Waals surface area contributed by atoms with Crippen LogP contribution in [0.1, 0.15) is 66.8 Å². The summed E-state index contributed by atoms with van der Waals surface area (Å²) in [5, 5.41) is 0. The number of anilines is 3. The van der Waals surface area contributed by atoms with E-state index in [4.69, 9.17) is 0 Å². The molecule has 0 amide bonds. The molecule has 356 valence electrons. The van der Waals surface area contributed by atoms with Crippen molar-refractivity contribution in [3.8, 4) is 33.4 Å². The normalized spacial score (nSPS) is 13.7. The molecule has 0 bridgehead atoms. The first-order valence-electron chi connectivity index (χ1n) is 26.6. The van der Waals surface area contributed by atoms with Crippen LogP contribution in [-0.2, 0) is 16.2 Å². The van der Waals surface area contributed by atoms with Gasteiger partial charge in [0.2, 0.25) is 0 Å². The zero-order chi connectivity index (χ0) is 50.3. The highest BCUT2D eigenvalue weighted by atomic mass is 15.1. The summed E-state index contributed by atoms with van der Waals surface area (Å²) in [6.07, 6.45) is 0. The van der Waals surface area contributed by atoms with Gasteiger partial charge in [-0.1, -0.05) is 273 Å². The molecular weight excluding hydrogens is 915 g/mol. The number of nitrogens with zero attached hydrogens (tertiary/aromatic N) is 1. The van der Waals surface area contributed by atoms with Gasteiger partial charge >= 0.3 is 0 Å². The molecule has 3 aliphatic rings. The maximum Gasteiger partial charge on any atom is 0.0720 e. The highest BCUT2D eigenvalue weighted by molar-refractivity contribution is 5.95. The summed E-state index contributed by atoms with van der Waals surface area (Å²) < 4.78 is 0. The lowest BCUT2D eigenvalue weighted by atomic mass is 9.52.